The molecule has 6 nitrogen and oxygen atoms in total. The zero-order valence-corrected chi connectivity index (χ0v) is 19.2. The van der Waals surface area contributed by atoms with Crippen molar-refractivity contribution in [3.05, 3.63) is 65.0 Å². The summed E-state index contributed by atoms with van der Waals surface area (Å²) in [7, 11) is -3.61. The third kappa shape index (κ3) is 4.87. The van der Waals surface area contributed by atoms with Crippen molar-refractivity contribution in [2.75, 3.05) is 18.4 Å². The van der Waals surface area contributed by atoms with Crippen LogP contribution in [0.4, 0.5) is 5.13 Å². The van der Waals surface area contributed by atoms with E-state index < -0.39 is 15.9 Å². The van der Waals surface area contributed by atoms with Crippen LogP contribution in [-0.4, -0.2) is 36.7 Å². The summed E-state index contributed by atoms with van der Waals surface area (Å²) in [5.41, 5.74) is 3.99. The monoisotopic (exact) mass is 455 g/mol. The number of hydrogen-bond acceptors (Lipinski definition) is 5. The largest absolute Gasteiger partial charge is 0.302 e. The smallest absolute Gasteiger partial charge is 0.243 e. The SMILES string of the molecule is Cc1ccc(-c2csc(NC(=O)C3CCCN(S(=O)(=O)c4ccc(C)cc4)C3)n2)cc1. The Kier molecular flexibility index (Phi) is 6.22. The number of amides is 1. The third-order valence-corrected chi connectivity index (χ3v) is 8.13. The predicted molar refractivity (Wildman–Crippen MR) is 124 cm³/mol. The molecular formula is C23H25N3O3S2. The van der Waals surface area contributed by atoms with Crippen LogP contribution in [0, 0.1) is 19.8 Å². The molecule has 0 spiro atoms. The number of rotatable bonds is 5. The first kappa shape index (κ1) is 21.7. The first-order valence-corrected chi connectivity index (χ1v) is 12.5. The van der Waals surface area contributed by atoms with Gasteiger partial charge in [-0.3, -0.25) is 4.79 Å². The lowest BCUT2D eigenvalue weighted by molar-refractivity contribution is -0.120. The normalized spacial score (nSPS) is 17.4. The highest BCUT2D eigenvalue weighted by Gasteiger charge is 2.33. The molecule has 0 aliphatic carbocycles. The number of hydrogen-bond donors (Lipinski definition) is 1. The number of carbonyl (C=O) groups is 1. The lowest BCUT2D eigenvalue weighted by Crippen LogP contribution is -2.43. The lowest BCUT2D eigenvalue weighted by Gasteiger charge is -2.31. The molecule has 1 fully saturated rings. The molecule has 1 aliphatic rings. The molecule has 2 aromatic carbocycles. The first-order valence-electron chi connectivity index (χ1n) is 10.2. The number of nitrogens with zero attached hydrogens (tertiary/aromatic N) is 2. The van der Waals surface area contributed by atoms with Crippen molar-refractivity contribution in [1.82, 2.24) is 9.29 Å². The number of aryl methyl sites for hydroxylation is 2. The van der Waals surface area contributed by atoms with Crippen molar-refractivity contribution in [3.63, 3.8) is 0 Å². The number of sulfonamides is 1. The third-order valence-electron chi connectivity index (χ3n) is 5.50. The molecule has 31 heavy (non-hydrogen) atoms. The van der Waals surface area contributed by atoms with Gasteiger partial charge in [0.05, 0.1) is 16.5 Å². The van der Waals surface area contributed by atoms with Gasteiger partial charge in [0.2, 0.25) is 15.9 Å². The minimum absolute atomic E-state index is 0.179. The zero-order chi connectivity index (χ0) is 22.0. The quantitative estimate of drug-likeness (QED) is 0.616. The van der Waals surface area contributed by atoms with Crippen LogP contribution in [0.25, 0.3) is 11.3 Å². The fourth-order valence-corrected chi connectivity index (χ4v) is 5.88. The van der Waals surface area contributed by atoms with Crippen molar-refractivity contribution in [3.8, 4) is 11.3 Å². The minimum atomic E-state index is -3.61. The van der Waals surface area contributed by atoms with Crippen LogP contribution < -0.4 is 5.32 Å². The van der Waals surface area contributed by atoms with E-state index in [2.05, 4.69) is 10.3 Å². The Morgan fingerprint density at radius 3 is 2.39 bits per heavy atom. The summed E-state index contributed by atoms with van der Waals surface area (Å²) in [5.74, 6) is -0.589. The Labute approximate surface area is 187 Å². The summed E-state index contributed by atoms with van der Waals surface area (Å²) in [6.07, 6.45) is 1.30. The van der Waals surface area contributed by atoms with Crippen LogP contribution in [0.5, 0.6) is 0 Å². The second-order valence-corrected chi connectivity index (χ2v) is 10.7. The number of nitrogens with one attached hydrogen (secondary N) is 1. The van der Waals surface area contributed by atoms with Gasteiger partial charge >= 0.3 is 0 Å². The lowest BCUT2D eigenvalue weighted by atomic mass is 9.99. The van der Waals surface area contributed by atoms with Gasteiger partial charge in [0, 0.05) is 24.0 Å². The average Bonchev–Trinajstić information content (AvgIpc) is 3.23. The molecule has 0 saturated carbocycles. The molecule has 8 heteroatoms. The molecule has 162 valence electrons. The van der Waals surface area contributed by atoms with Gasteiger partial charge in [-0.05, 0) is 38.8 Å². The Morgan fingerprint density at radius 1 is 1.06 bits per heavy atom. The second kappa shape index (κ2) is 8.90. The predicted octanol–water partition coefficient (Wildman–Crippen LogP) is 4.47. The molecule has 2 heterocycles. The zero-order valence-electron chi connectivity index (χ0n) is 17.5. The molecule has 1 unspecified atom stereocenters. The number of aromatic nitrogens is 1. The molecule has 0 bridgehead atoms. The van der Waals surface area contributed by atoms with Crippen LogP contribution in [0.1, 0.15) is 24.0 Å². The van der Waals surface area contributed by atoms with Gasteiger partial charge in [-0.2, -0.15) is 4.31 Å². The molecular weight excluding hydrogens is 430 g/mol. The van der Waals surface area contributed by atoms with Crippen molar-refractivity contribution in [2.24, 2.45) is 5.92 Å². The van der Waals surface area contributed by atoms with E-state index in [1.807, 2.05) is 43.5 Å². The molecule has 1 aromatic heterocycles. The Morgan fingerprint density at radius 2 is 1.71 bits per heavy atom. The van der Waals surface area contributed by atoms with E-state index in [1.54, 1.807) is 24.3 Å². The van der Waals surface area contributed by atoms with Gasteiger partial charge in [0.1, 0.15) is 0 Å². The van der Waals surface area contributed by atoms with Gasteiger partial charge < -0.3 is 5.32 Å². The van der Waals surface area contributed by atoms with Crippen LogP contribution >= 0.6 is 11.3 Å². The number of benzene rings is 2. The van der Waals surface area contributed by atoms with E-state index in [9.17, 15) is 13.2 Å². The van der Waals surface area contributed by atoms with Crippen molar-refractivity contribution in [1.29, 1.82) is 0 Å². The maximum atomic E-state index is 13.0. The summed E-state index contributed by atoms with van der Waals surface area (Å²) in [6, 6.07) is 14.9. The standard InChI is InChI=1S/C23H25N3O3S2/c1-16-5-9-18(10-6-16)21-15-30-23(24-21)25-22(27)19-4-3-13-26(14-19)31(28,29)20-11-7-17(2)8-12-20/h5-12,15,19H,3-4,13-14H2,1-2H3,(H,24,25,27). The minimum Gasteiger partial charge on any atom is -0.302 e. The highest BCUT2D eigenvalue weighted by atomic mass is 32.2. The van der Waals surface area contributed by atoms with Gasteiger partial charge in [-0.15, -0.1) is 11.3 Å². The molecule has 3 aromatic rings. The molecule has 1 amide bonds. The van der Waals surface area contributed by atoms with E-state index in [-0.39, 0.29) is 17.3 Å². The molecule has 1 saturated heterocycles. The molecule has 1 N–H and O–H groups in total. The fourth-order valence-electron chi connectivity index (χ4n) is 3.63. The summed E-state index contributed by atoms with van der Waals surface area (Å²) in [6.45, 7) is 4.55. The number of piperidine rings is 1. The Balaban J connectivity index is 1.43. The van der Waals surface area contributed by atoms with Crippen molar-refractivity contribution >= 4 is 32.4 Å². The van der Waals surface area contributed by atoms with E-state index in [0.717, 1.165) is 16.8 Å². The van der Waals surface area contributed by atoms with E-state index in [1.165, 1.54) is 21.2 Å². The molecule has 1 atom stereocenters. The Hall–Kier alpha value is -2.55. The van der Waals surface area contributed by atoms with Gasteiger partial charge in [-0.1, -0.05) is 47.5 Å². The summed E-state index contributed by atoms with van der Waals surface area (Å²) < 4.78 is 27.4. The highest BCUT2D eigenvalue weighted by molar-refractivity contribution is 7.89. The van der Waals surface area contributed by atoms with E-state index >= 15 is 0 Å². The highest BCUT2D eigenvalue weighted by Crippen LogP contribution is 2.28. The van der Waals surface area contributed by atoms with Gasteiger partial charge in [0.25, 0.3) is 0 Å². The topological polar surface area (TPSA) is 79.4 Å². The number of anilines is 1. The van der Waals surface area contributed by atoms with Crippen LogP contribution in [-0.2, 0) is 14.8 Å². The molecule has 1 aliphatic heterocycles. The van der Waals surface area contributed by atoms with Crippen molar-refractivity contribution < 1.29 is 13.2 Å². The first-order chi connectivity index (χ1) is 14.8. The van der Waals surface area contributed by atoms with Crippen LogP contribution in [0.15, 0.2) is 58.8 Å². The van der Waals surface area contributed by atoms with Crippen LogP contribution in [0.3, 0.4) is 0 Å². The van der Waals surface area contributed by atoms with Gasteiger partial charge in [-0.25, -0.2) is 13.4 Å². The molecule has 4 rings (SSSR count). The fraction of sp³-hybridized carbons (Fsp3) is 0.304. The number of carbonyl (C=O) groups excluding carboxylic acids is 1. The van der Waals surface area contributed by atoms with Crippen molar-refractivity contribution in [2.45, 2.75) is 31.6 Å². The summed E-state index contributed by atoms with van der Waals surface area (Å²) in [5, 5.41) is 5.32. The Bertz CT molecular complexity index is 1170. The summed E-state index contributed by atoms with van der Waals surface area (Å²) in [4.78, 5) is 17.6. The average molecular weight is 456 g/mol. The van der Waals surface area contributed by atoms with E-state index in [0.29, 0.717) is 24.5 Å². The van der Waals surface area contributed by atoms with Gasteiger partial charge in [0.15, 0.2) is 5.13 Å². The maximum Gasteiger partial charge on any atom is 0.243 e. The molecule has 0 radical (unpaired) electrons. The maximum absolute atomic E-state index is 13.0. The summed E-state index contributed by atoms with van der Waals surface area (Å²) >= 11 is 1.37. The van der Waals surface area contributed by atoms with Crippen LogP contribution in [0.2, 0.25) is 0 Å². The second-order valence-electron chi connectivity index (χ2n) is 7.91. The number of thiazole rings is 1. The van der Waals surface area contributed by atoms with E-state index in [4.69, 9.17) is 0 Å².